The van der Waals surface area contributed by atoms with E-state index >= 15 is 0 Å². The Morgan fingerprint density at radius 2 is 1.88 bits per heavy atom. The van der Waals surface area contributed by atoms with Gasteiger partial charge in [0, 0.05) is 0 Å². The van der Waals surface area contributed by atoms with Crippen LogP contribution in [0.2, 0.25) is 0 Å². The van der Waals surface area contributed by atoms with Crippen molar-refractivity contribution in [2.24, 2.45) is 10.7 Å². The van der Waals surface area contributed by atoms with E-state index in [9.17, 15) is 14.4 Å². The van der Waals surface area contributed by atoms with E-state index in [-0.39, 0.29) is 24.3 Å². The van der Waals surface area contributed by atoms with E-state index in [0.717, 1.165) is 5.56 Å². The van der Waals surface area contributed by atoms with E-state index in [1.54, 1.807) is 39.2 Å². The molecule has 12 heteroatoms. The summed E-state index contributed by atoms with van der Waals surface area (Å²) in [6, 6.07) is 8.27. The number of fused-ring (bicyclic) bond motifs is 1. The lowest BCUT2D eigenvalue weighted by Gasteiger charge is -2.25. The molecule has 0 spiro atoms. The Morgan fingerprint density at radius 3 is 2.54 bits per heavy atom. The average Bonchev–Trinajstić information content (AvgIpc) is 3.21. The summed E-state index contributed by atoms with van der Waals surface area (Å²) in [6.07, 6.45) is 1.71. The molecule has 0 bridgehead atoms. The number of carbonyl (C=O) groups is 2. The zero-order valence-electron chi connectivity index (χ0n) is 23.3. The molecule has 0 radical (unpaired) electrons. The molecule has 0 fully saturated rings. The number of esters is 1. The topological polar surface area (TPSA) is 131 Å². The summed E-state index contributed by atoms with van der Waals surface area (Å²) in [6.45, 7) is 7.41. The van der Waals surface area contributed by atoms with E-state index in [2.05, 4.69) is 20.9 Å². The molecule has 2 aromatic carbocycles. The Bertz CT molecular complexity index is 1720. The van der Waals surface area contributed by atoms with Gasteiger partial charge in [0.15, 0.2) is 22.9 Å². The van der Waals surface area contributed by atoms with Gasteiger partial charge in [-0.15, -0.1) is 0 Å². The van der Waals surface area contributed by atoms with Gasteiger partial charge in [-0.2, -0.15) is 0 Å². The molecule has 3 aromatic rings. The monoisotopic (exact) mass is 643 g/mol. The van der Waals surface area contributed by atoms with Crippen molar-refractivity contribution >= 4 is 45.2 Å². The Morgan fingerprint density at radius 1 is 1.12 bits per heavy atom. The summed E-state index contributed by atoms with van der Waals surface area (Å²) in [5, 5.41) is 0. The number of amides is 1. The molecule has 216 valence electrons. The van der Waals surface area contributed by atoms with Gasteiger partial charge in [-0.25, -0.2) is 9.79 Å². The molecule has 0 unspecified atom stereocenters. The van der Waals surface area contributed by atoms with Gasteiger partial charge in [0.25, 0.3) is 11.5 Å². The summed E-state index contributed by atoms with van der Waals surface area (Å²) in [5.41, 5.74) is 7.92. The van der Waals surface area contributed by atoms with Crippen molar-refractivity contribution in [3.63, 3.8) is 0 Å². The maximum atomic E-state index is 14.0. The van der Waals surface area contributed by atoms with Gasteiger partial charge in [-0.1, -0.05) is 23.5 Å². The molecule has 1 atom stereocenters. The zero-order valence-corrected chi connectivity index (χ0v) is 25.7. The molecule has 1 aromatic heterocycles. The second-order valence-corrected chi connectivity index (χ2v) is 10.9. The van der Waals surface area contributed by atoms with Crippen molar-refractivity contribution in [1.29, 1.82) is 0 Å². The highest BCUT2D eigenvalue weighted by Gasteiger charge is 2.33. The molecule has 1 aliphatic heterocycles. The molecule has 1 aliphatic rings. The number of nitrogens with two attached hydrogens (primary N) is 1. The number of methoxy groups -OCH3 is 1. The molecular formula is C29H30BrN3O7S. The number of aromatic nitrogens is 1. The van der Waals surface area contributed by atoms with E-state index in [0.29, 0.717) is 54.5 Å². The minimum Gasteiger partial charge on any atom is -0.496 e. The van der Waals surface area contributed by atoms with Gasteiger partial charge in [0.1, 0.15) is 5.75 Å². The summed E-state index contributed by atoms with van der Waals surface area (Å²) in [4.78, 5) is 43.4. The standard InChI is InChI=1S/C29H30BrN3O7S/c1-6-38-21-11-17(10-19(30)26(21)40-14-23(31)34)12-22-27(35)33-25(18-9-8-15(3)20(13-18)37-5)24(28(36)39-7-2)16(4)32-29(33)41-22/h8-13,25H,6-7,14H2,1-5H3,(H2,31,34)/b22-12+/t25-/m1/s1. The smallest absolute Gasteiger partial charge is 0.338 e. The first-order valence-electron chi connectivity index (χ1n) is 12.8. The number of ether oxygens (including phenoxy) is 4. The van der Waals surface area contributed by atoms with Crippen LogP contribution < -0.4 is 34.8 Å². The number of primary amides is 1. The molecule has 10 nitrogen and oxygen atoms in total. The first kappa shape index (κ1) is 30.1. The van der Waals surface area contributed by atoms with Gasteiger partial charge >= 0.3 is 5.97 Å². The first-order chi connectivity index (χ1) is 19.6. The second kappa shape index (κ2) is 12.7. The molecule has 1 amide bonds. The minimum absolute atomic E-state index is 0.181. The third-order valence-electron chi connectivity index (χ3n) is 6.25. The SMILES string of the molecule is CCOC(=O)C1=C(C)N=c2s/c(=C/c3cc(Br)c(OCC(N)=O)c(OCC)c3)c(=O)n2[C@@H]1c1ccc(C)c(OC)c1. The van der Waals surface area contributed by atoms with Crippen LogP contribution in [0, 0.1) is 6.92 Å². The van der Waals surface area contributed by atoms with Crippen LogP contribution in [-0.4, -0.2) is 43.4 Å². The van der Waals surface area contributed by atoms with Crippen molar-refractivity contribution in [1.82, 2.24) is 4.57 Å². The van der Waals surface area contributed by atoms with Crippen LogP contribution in [0.25, 0.3) is 6.08 Å². The van der Waals surface area contributed by atoms with E-state index < -0.39 is 17.9 Å². The van der Waals surface area contributed by atoms with Crippen LogP contribution in [0.15, 0.2) is 55.9 Å². The predicted octanol–water partition coefficient (Wildman–Crippen LogP) is 3.14. The fourth-order valence-electron chi connectivity index (χ4n) is 4.48. The fourth-order valence-corrected chi connectivity index (χ4v) is 6.10. The van der Waals surface area contributed by atoms with Crippen LogP contribution in [-0.2, 0) is 14.3 Å². The number of nitrogens with zero attached hydrogens (tertiary/aromatic N) is 2. The van der Waals surface area contributed by atoms with Crippen LogP contribution in [0.1, 0.15) is 43.5 Å². The first-order valence-corrected chi connectivity index (χ1v) is 14.4. The van der Waals surface area contributed by atoms with Crippen LogP contribution in [0.5, 0.6) is 17.2 Å². The summed E-state index contributed by atoms with van der Waals surface area (Å²) in [7, 11) is 1.57. The van der Waals surface area contributed by atoms with Gasteiger partial charge in [-0.3, -0.25) is 14.2 Å². The maximum absolute atomic E-state index is 14.0. The van der Waals surface area contributed by atoms with Gasteiger partial charge < -0.3 is 24.7 Å². The normalized spacial score (nSPS) is 14.8. The Balaban J connectivity index is 1.91. The highest BCUT2D eigenvalue weighted by Crippen LogP contribution is 2.37. The molecule has 41 heavy (non-hydrogen) atoms. The Kier molecular flexibility index (Phi) is 9.34. The number of hydrogen-bond donors (Lipinski definition) is 1. The van der Waals surface area contributed by atoms with Crippen molar-refractivity contribution in [3.8, 4) is 17.2 Å². The molecule has 2 heterocycles. The highest BCUT2D eigenvalue weighted by molar-refractivity contribution is 9.10. The lowest BCUT2D eigenvalue weighted by atomic mass is 9.95. The zero-order chi connectivity index (χ0) is 29.8. The number of allylic oxidation sites excluding steroid dienone is 1. The minimum atomic E-state index is -0.766. The van der Waals surface area contributed by atoms with E-state index in [4.69, 9.17) is 24.7 Å². The van der Waals surface area contributed by atoms with Crippen LogP contribution >= 0.6 is 27.3 Å². The predicted molar refractivity (Wildman–Crippen MR) is 158 cm³/mol. The number of halogens is 1. The summed E-state index contributed by atoms with van der Waals surface area (Å²) in [5.74, 6) is 0.182. The van der Waals surface area contributed by atoms with Gasteiger partial charge in [0.05, 0.1) is 46.6 Å². The number of rotatable bonds is 10. The van der Waals surface area contributed by atoms with Crippen molar-refractivity contribution in [3.05, 3.63) is 82.5 Å². The lowest BCUT2D eigenvalue weighted by Crippen LogP contribution is -2.40. The lowest BCUT2D eigenvalue weighted by molar-refractivity contribution is -0.139. The van der Waals surface area contributed by atoms with Crippen molar-refractivity contribution in [2.75, 3.05) is 26.9 Å². The second-order valence-electron chi connectivity index (χ2n) is 9.05. The Hall–Kier alpha value is -3.90. The molecule has 0 saturated heterocycles. The molecule has 2 N–H and O–H groups in total. The number of thiazole rings is 1. The van der Waals surface area contributed by atoms with Crippen molar-refractivity contribution in [2.45, 2.75) is 33.7 Å². The van der Waals surface area contributed by atoms with E-state index in [1.165, 1.54) is 15.9 Å². The van der Waals surface area contributed by atoms with Crippen LogP contribution in [0.3, 0.4) is 0 Å². The van der Waals surface area contributed by atoms with Gasteiger partial charge in [-0.05, 0) is 84.6 Å². The quantitative estimate of drug-likeness (QED) is 0.336. The summed E-state index contributed by atoms with van der Waals surface area (Å²) < 4.78 is 24.6. The highest BCUT2D eigenvalue weighted by atomic mass is 79.9. The number of aryl methyl sites for hydroxylation is 1. The molecule has 4 rings (SSSR count). The largest absolute Gasteiger partial charge is 0.496 e. The average molecular weight is 645 g/mol. The number of hydrogen-bond acceptors (Lipinski definition) is 9. The number of carbonyl (C=O) groups excluding carboxylic acids is 2. The van der Waals surface area contributed by atoms with Crippen molar-refractivity contribution < 1.29 is 28.5 Å². The molecule has 0 saturated carbocycles. The molecule has 0 aliphatic carbocycles. The van der Waals surface area contributed by atoms with Crippen LogP contribution in [0.4, 0.5) is 0 Å². The van der Waals surface area contributed by atoms with Gasteiger partial charge in [0.2, 0.25) is 0 Å². The number of benzene rings is 2. The third kappa shape index (κ3) is 6.23. The summed E-state index contributed by atoms with van der Waals surface area (Å²) >= 11 is 4.67. The Labute approximate surface area is 248 Å². The third-order valence-corrected chi connectivity index (χ3v) is 7.83. The van der Waals surface area contributed by atoms with E-state index in [1.807, 2.05) is 32.0 Å². The fraction of sp³-hybridized carbons (Fsp3) is 0.310. The molecular weight excluding hydrogens is 614 g/mol. The maximum Gasteiger partial charge on any atom is 0.338 e.